The molecule has 0 atom stereocenters. The van der Waals surface area contributed by atoms with Crippen LogP contribution in [0.25, 0.3) is 11.0 Å². The van der Waals surface area contributed by atoms with Gasteiger partial charge in [0.05, 0.1) is 5.52 Å². The Labute approximate surface area is 111 Å². The van der Waals surface area contributed by atoms with Crippen molar-refractivity contribution >= 4 is 27.0 Å². The maximum atomic E-state index is 4.78. The van der Waals surface area contributed by atoms with Crippen LogP contribution >= 0.6 is 15.9 Å². The van der Waals surface area contributed by atoms with Gasteiger partial charge in [-0.05, 0) is 34.5 Å². The normalized spacial score (nSPS) is 11.6. The van der Waals surface area contributed by atoms with Crippen molar-refractivity contribution < 1.29 is 0 Å². The molecule has 0 unspecified atom stereocenters. The Hall–Kier alpha value is -0.830. The number of hydrogen-bond donors (Lipinski definition) is 0. The minimum absolute atomic E-state index is 0.464. The second kappa shape index (κ2) is 5.21. The zero-order chi connectivity index (χ0) is 12.4. The van der Waals surface area contributed by atoms with Crippen molar-refractivity contribution in [3.05, 3.63) is 28.5 Å². The summed E-state index contributed by atoms with van der Waals surface area (Å²) in [7, 11) is 0. The number of para-hydroxylation sites is 1. The molecule has 0 fully saturated rings. The average molecular weight is 295 g/mol. The van der Waals surface area contributed by atoms with E-state index in [9.17, 15) is 0 Å². The zero-order valence-electron chi connectivity index (χ0n) is 10.7. The first-order valence-corrected chi connectivity index (χ1v) is 7.09. The summed E-state index contributed by atoms with van der Waals surface area (Å²) >= 11 is 3.59. The highest BCUT2D eigenvalue weighted by molar-refractivity contribution is 9.10. The minimum atomic E-state index is 0.464. The summed E-state index contributed by atoms with van der Waals surface area (Å²) in [6, 6.07) is 6.30. The van der Waals surface area contributed by atoms with E-state index in [1.165, 1.54) is 24.2 Å². The first kappa shape index (κ1) is 12.6. The fourth-order valence-electron chi connectivity index (χ4n) is 2.12. The monoisotopic (exact) mass is 294 g/mol. The van der Waals surface area contributed by atoms with Crippen molar-refractivity contribution in [1.82, 2.24) is 9.55 Å². The van der Waals surface area contributed by atoms with E-state index in [2.05, 4.69) is 59.5 Å². The van der Waals surface area contributed by atoms with Crippen molar-refractivity contribution in [1.29, 1.82) is 0 Å². The Morgan fingerprint density at radius 2 is 2.12 bits per heavy atom. The van der Waals surface area contributed by atoms with Crippen LogP contribution in [-0.2, 0) is 6.54 Å². The molecule has 0 saturated heterocycles. The lowest BCUT2D eigenvalue weighted by molar-refractivity contribution is 0.595. The predicted octanol–water partition coefficient (Wildman–Crippen LogP) is 4.72. The molecule has 2 rings (SSSR count). The minimum Gasteiger partial charge on any atom is -0.328 e. The maximum Gasteiger partial charge on any atom is 0.112 e. The summed E-state index contributed by atoms with van der Waals surface area (Å²) in [5.41, 5.74) is 2.34. The lowest BCUT2D eigenvalue weighted by atomic mass is 10.2. The molecular formula is C14H19BrN2. The van der Waals surface area contributed by atoms with E-state index in [-0.39, 0.29) is 0 Å². The van der Waals surface area contributed by atoms with Gasteiger partial charge in [0.25, 0.3) is 0 Å². The molecule has 0 amide bonds. The highest BCUT2D eigenvalue weighted by Gasteiger charge is 2.14. The third kappa shape index (κ3) is 2.39. The van der Waals surface area contributed by atoms with E-state index < -0.39 is 0 Å². The number of unbranched alkanes of at least 4 members (excludes halogenated alkanes) is 1. The number of fused-ring (bicyclic) bond motifs is 1. The first-order valence-electron chi connectivity index (χ1n) is 6.29. The summed E-state index contributed by atoms with van der Waals surface area (Å²) in [6.45, 7) is 7.70. The third-order valence-corrected chi connectivity index (χ3v) is 3.65. The fourth-order valence-corrected chi connectivity index (χ4v) is 2.57. The van der Waals surface area contributed by atoms with Crippen molar-refractivity contribution in [2.45, 2.75) is 46.1 Å². The molecule has 3 heteroatoms. The smallest absolute Gasteiger partial charge is 0.112 e. The second-order valence-electron chi connectivity index (χ2n) is 4.74. The largest absolute Gasteiger partial charge is 0.328 e. The van der Waals surface area contributed by atoms with Crippen LogP contribution in [0.2, 0.25) is 0 Å². The third-order valence-electron chi connectivity index (χ3n) is 3.01. The molecule has 2 aromatic rings. The Bertz CT molecular complexity index is 514. The van der Waals surface area contributed by atoms with Crippen molar-refractivity contribution in [2.24, 2.45) is 0 Å². The molecule has 0 N–H and O–H groups in total. The highest BCUT2D eigenvalue weighted by atomic mass is 79.9. The zero-order valence-corrected chi connectivity index (χ0v) is 12.3. The van der Waals surface area contributed by atoms with E-state index in [0.717, 1.165) is 16.5 Å². The molecule has 0 aliphatic carbocycles. The molecule has 1 aromatic carbocycles. The van der Waals surface area contributed by atoms with Gasteiger partial charge in [-0.15, -0.1) is 0 Å². The number of benzene rings is 1. The Kier molecular flexibility index (Phi) is 3.87. The standard InChI is InChI=1S/C14H19BrN2/c1-4-5-9-17-12-8-6-7-11(15)13(12)16-14(17)10(2)3/h6-8,10H,4-5,9H2,1-3H3. The van der Waals surface area contributed by atoms with E-state index in [4.69, 9.17) is 4.98 Å². The Morgan fingerprint density at radius 1 is 1.35 bits per heavy atom. The van der Waals surface area contributed by atoms with Gasteiger partial charge in [-0.1, -0.05) is 33.3 Å². The van der Waals surface area contributed by atoms with Crippen LogP contribution in [-0.4, -0.2) is 9.55 Å². The molecule has 1 aromatic heterocycles. The van der Waals surface area contributed by atoms with Crippen LogP contribution in [0.1, 0.15) is 45.4 Å². The summed E-state index contributed by atoms with van der Waals surface area (Å²) < 4.78 is 3.46. The number of halogens is 1. The van der Waals surface area contributed by atoms with Crippen molar-refractivity contribution in [2.75, 3.05) is 0 Å². The van der Waals surface area contributed by atoms with Crippen molar-refractivity contribution in [3.63, 3.8) is 0 Å². The van der Waals surface area contributed by atoms with Crippen LogP contribution < -0.4 is 0 Å². The van der Waals surface area contributed by atoms with Gasteiger partial charge >= 0.3 is 0 Å². The summed E-state index contributed by atoms with van der Waals surface area (Å²) in [6.07, 6.45) is 2.42. The van der Waals surface area contributed by atoms with Gasteiger partial charge in [-0.25, -0.2) is 4.98 Å². The van der Waals surface area contributed by atoms with Gasteiger partial charge in [0.15, 0.2) is 0 Å². The lowest BCUT2D eigenvalue weighted by Gasteiger charge is -2.10. The van der Waals surface area contributed by atoms with E-state index in [1.807, 2.05) is 0 Å². The molecule has 1 heterocycles. The lowest BCUT2D eigenvalue weighted by Crippen LogP contribution is -2.05. The van der Waals surface area contributed by atoms with Gasteiger partial charge < -0.3 is 4.57 Å². The van der Waals surface area contributed by atoms with Crippen LogP contribution in [0.4, 0.5) is 0 Å². The summed E-state index contributed by atoms with van der Waals surface area (Å²) in [4.78, 5) is 4.78. The number of nitrogens with zero attached hydrogens (tertiary/aromatic N) is 2. The SMILES string of the molecule is CCCCn1c(C(C)C)nc2c(Br)cccc21. The molecule has 0 bridgehead atoms. The maximum absolute atomic E-state index is 4.78. The van der Waals surface area contributed by atoms with Gasteiger partial charge in [0.1, 0.15) is 11.3 Å². The van der Waals surface area contributed by atoms with E-state index >= 15 is 0 Å². The quantitative estimate of drug-likeness (QED) is 0.798. The summed E-state index contributed by atoms with van der Waals surface area (Å²) in [5.74, 6) is 1.66. The van der Waals surface area contributed by atoms with Gasteiger partial charge in [-0.2, -0.15) is 0 Å². The topological polar surface area (TPSA) is 17.8 Å². The number of aromatic nitrogens is 2. The van der Waals surface area contributed by atoms with Crippen LogP contribution in [0.15, 0.2) is 22.7 Å². The molecule has 0 radical (unpaired) electrons. The van der Waals surface area contributed by atoms with Gasteiger partial charge in [0, 0.05) is 16.9 Å². The van der Waals surface area contributed by atoms with Crippen LogP contribution in [0.5, 0.6) is 0 Å². The average Bonchev–Trinajstić information content (AvgIpc) is 2.67. The molecular weight excluding hydrogens is 276 g/mol. The first-order chi connectivity index (χ1) is 8.15. The molecule has 92 valence electrons. The summed E-state index contributed by atoms with van der Waals surface area (Å²) in [5, 5.41) is 0. The molecule has 0 spiro atoms. The fraction of sp³-hybridized carbons (Fsp3) is 0.500. The molecule has 0 aliphatic heterocycles. The number of rotatable bonds is 4. The van der Waals surface area contributed by atoms with Crippen molar-refractivity contribution in [3.8, 4) is 0 Å². The molecule has 17 heavy (non-hydrogen) atoms. The number of aryl methyl sites for hydroxylation is 1. The van der Waals surface area contributed by atoms with E-state index in [0.29, 0.717) is 5.92 Å². The van der Waals surface area contributed by atoms with Crippen LogP contribution in [0.3, 0.4) is 0 Å². The number of imidazole rings is 1. The predicted molar refractivity (Wildman–Crippen MR) is 76.4 cm³/mol. The molecule has 0 saturated carbocycles. The molecule has 2 nitrogen and oxygen atoms in total. The number of hydrogen-bond acceptors (Lipinski definition) is 1. The second-order valence-corrected chi connectivity index (χ2v) is 5.59. The Morgan fingerprint density at radius 3 is 2.76 bits per heavy atom. The van der Waals surface area contributed by atoms with Gasteiger partial charge in [0.2, 0.25) is 0 Å². The Balaban J connectivity index is 2.59. The van der Waals surface area contributed by atoms with E-state index in [1.54, 1.807) is 0 Å². The van der Waals surface area contributed by atoms with Crippen LogP contribution in [0, 0.1) is 0 Å². The van der Waals surface area contributed by atoms with Gasteiger partial charge in [-0.3, -0.25) is 0 Å². The molecule has 0 aliphatic rings. The highest BCUT2D eigenvalue weighted by Crippen LogP contribution is 2.27.